The van der Waals surface area contributed by atoms with E-state index in [1.165, 1.54) is 25.3 Å². The highest BCUT2D eigenvalue weighted by Gasteiger charge is 2.23. The van der Waals surface area contributed by atoms with Gasteiger partial charge in [-0.05, 0) is 23.8 Å². The maximum atomic E-state index is 13.1. The zero-order valence-corrected chi connectivity index (χ0v) is 14.9. The van der Waals surface area contributed by atoms with Crippen LogP contribution in [0, 0.1) is 28.3 Å². The van der Waals surface area contributed by atoms with Gasteiger partial charge in [-0.15, -0.1) is 6.42 Å². The Hall–Kier alpha value is -3.25. The lowest BCUT2D eigenvalue weighted by Crippen LogP contribution is -2.23. The molecule has 148 valence electrons. The molecule has 0 atom stereocenters. The van der Waals surface area contributed by atoms with Gasteiger partial charge >= 0.3 is 6.61 Å². The third kappa shape index (κ3) is 5.62. The van der Waals surface area contributed by atoms with Gasteiger partial charge in [-0.25, -0.2) is 4.39 Å². The van der Waals surface area contributed by atoms with E-state index in [4.69, 9.17) is 11.2 Å². The number of nitro groups is 1. The van der Waals surface area contributed by atoms with Gasteiger partial charge in [-0.1, -0.05) is 18.1 Å². The first kappa shape index (κ1) is 21.1. The minimum absolute atomic E-state index is 0.0448. The number of ether oxygens (including phenoxy) is 2. The van der Waals surface area contributed by atoms with Crippen LogP contribution in [0.2, 0.25) is 0 Å². The van der Waals surface area contributed by atoms with Crippen LogP contribution in [-0.4, -0.2) is 30.1 Å². The summed E-state index contributed by atoms with van der Waals surface area (Å²) in [6.07, 6.45) is 5.38. The van der Waals surface area contributed by atoms with E-state index in [1.54, 1.807) is 17.0 Å². The fourth-order valence-corrected chi connectivity index (χ4v) is 2.62. The molecule has 0 fully saturated rings. The predicted molar refractivity (Wildman–Crippen MR) is 95.6 cm³/mol. The van der Waals surface area contributed by atoms with Crippen molar-refractivity contribution in [1.29, 1.82) is 0 Å². The molecule has 0 aromatic heterocycles. The van der Waals surface area contributed by atoms with Crippen LogP contribution in [0.1, 0.15) is 11.1 Å². The van der Waals surface area contributed by atoms with E-state index in [-0.39, 0.29) is 30.2 Å². The molecule has 9 heteroatoms. The zero-order valence-electron chi connectivity index (χ0n) is 14.9. The number of nitrogens with zero attached hydrogens (tertiary/aromatic N) is 2. The third-order valence-electron chi connectivity index (χ3n) is 3.81. The number of rotatable bonds is 9. The van der Waals surface area contributed by atoms with Gasteiger partial charge < -0.3 is 9.47 Å². The highest BCUT2D eigenvalue weighted by molar-refractivity contribution is 5.54. The van der Waals surface area contributed by atoms with Gasteiger partial charge in [-0.3, -0.25) is 15.0 Å². The van der Waals surface area contributed by atoms with Gasteiger partial charge in [0.15, 0.2) is 11.5 Å². The molecule has 0 N–H and O–H groups in total. The Morgan fingerprint density at radius 3 is 2.43 bits per heavy atom. The summed E-state index contributed by atoms with van der Waals surface area (Å²) in [6, 6.07) is 7.91. The zero-order chi connectivity index (χ0) is 20.7. The molecule has 6 nitrogen and oxygen atoms in total. The number of alkyl halides is 2. The van der Waals surface area contributed by atoms with Crippen LogP contribution in [0.3, 0.4) is 0 Å². The summed E-state index contributed by atoms with van der Waals surface area (Å²) >= 11 is 0. The number of terminal acetylenes is 1. The largest absolute Gasteiger partial charge is 0.493 e. The molecule has 0 aliphatic carbocycles. The van der Waals surface area contributed by atoms with Crippen molar-refractivity contribution >= 4 is 5.69 Å². The number of benzene rings is 2. The van der Waals surface area contributed by atoms with E-state index in [0.717, 1.165) is 11.6 Å². The standard InChI is InChI=1S/C19H17F3N2O4/c1-3-8-23(11-13-4-6-15(20)7-5-13)12-14-9-17(27-2)18(28-19(21)22)10-16(14)24(25)26/h1,4-7,9-10,19H,8,11-12H2,2H3. The number of nitro benzene ring substituents is 1. The fourth-order valence-electron chi connectivity index (χ4n) is 2.62. The van der Waals surface area contributed by atoms with E-state index in [2.05, 4.69) is 10.7 Å². The molecular weight excluding hydrogens is 377 g/mol. The van der Waals surface area contributed by atoms with Crippen molar-refractivity contribution in [3.8, 4) is 23.8 Å². The first-order valence-electron chi connectivity index (χ1n) is 8.04. The van der Waals surface area contributed by atoms with Crippen molar-refractivity contribution in [2.45, 2.75) is 19.7 Å². The molecule has 2 rings (SSSR count). The van der Waals surface area contributed by atoms with Crippen LogP contribution in [-0.2, 0) is 13.1 Å². The molecule has 2 aromatic rings. The lowest BCUT2D eigenvalue weighted by atomic mass is 10.1. The van der Waals surface area contributed by atoms with Crippen LogP contribution >= 0.6 is 0 Å². The van der Waals surface area contributed by atoms with E-state index in [1.807, 2.05) is 0 Å². The van der Waals surface area contributed by atoms with Crippen LogP contribution in [0.15, 0.2) is 36.4 Å². The summed E-state index contributed by atoms with van der Waals surface area (Å²) in [5.41, 5.74) is 0.558. The smallest absolute Gasteiger partial charge is 0.387 e. The average Bonchev–Trinajstić information content (AvgIpc) is 2.64. The maximum Gasteiger partial charge on any atom is 0.387 e. The molecule has 0 saturated heterocycles. The third-order valence-corrected chi connectivity index (χ3v) is 3.81. The molecule has 0 aliphatic heterocycles. The summed E-state index contributed by atoms with van der Waals surface area (Å²) in [5, 5.41) is 11.4. The van der Waals surface area contributed by atoms with Crippen molar-refractivity contribution in [3.63, 3.8) is 0 Å². The quantitative estimate of drug-likeness (QED) is 0.366. The normalized spacial score (nSPS) is 10.8. The van der Waals surface area contributed by atoms with Gasteiger partial charge in [0.25, 0.3) is 5.69 Å². The molecule has 0 aliphatic rings. The van der Waals surface area contributed by atoms with E-state index in [0.29, 0.717) is 6.54 Å². The lowest BCUT2D eigenvalue weighted by molar-refractivity contribution is -0.385. The van der Waals surface area contributed by atoms with E-state index in [9.17, 15) is 23.3 Å². The van der Waals surface area contributed by atoms with Crippen molar-refractivity contribution in [3.05, 3.63) is 63.5 Å². The SMILES string of the molecule is C#CCN(Cc1ccc(F)cc1)Cc1cc(OC)c(OC(F)F)cc1[N+](=O)[O-]. The van der Waals surface area contributed by atoms with Crippen molar-refractivity contribution < 1.29 is 27.6 Å². The van der Waals surface area contributed by atoms with Crippen LogP contribution in [0.4, 0.5) is 18.9 Å². The number of hydrogen-bond acceptors (Lipinski definition) is 5. The highest BCUT2D eigenvalue weighted by Crippen LogP contribution is 2.36. The Morgan fingerprint density at radius 2 is 1.89 bits per heavy atom. The Balaban J connectivity index is 2.35. The lowest BCUT2D eigenvalue weighted by Gasteiger charge is -2.21. The van der Waals surface area contributed by atoms with Gasteiger partial charge in [-0.2, -0.15) is 8.78 Å². The summed E-state index contributed by atoms with van der Waals surface area (Å²) in [5.74, 6) is 1.57. The van der Waals surface area contributed by atoms with E-state index >= 15 is 0 Å². The summed E-state index contributed by atoms with van der Waals surface area (Å²) in [6.45, 7) is -2.65. The second-order valence-electron chi connectivity index (χ2n) is 5.74. The van der Waals surface area contributed by atoms with Crippen molar-refractivity contribution in [2.24, 2.45) is 0 Å². The fraction of sp³-hybridized carbons (Fsp3) is 0.263. The topological polar surface area (TPSA) is 64.8 Å². The molecule has 0 spiro atoms. The minimum Gasteiger partial charge on any atom is -0.493 e. The minimum atomic E-state index is -3.16. The number of halogens is 3. The first-order chi connectivity index (χ1) is 13.3. The summed E-state index contributed by atoms with van der Waals surface area (Å²) in [7, 11) is 1.24. The first-order valence-corrected chi connectivity index (χ1v) is 8.04. The monoisotopic (exact) mass is 394 g/mol. The molecule has 2 aromatic carbocycles. The Morgan fingerprint density at radius 1 is 1.21 bits per heavy atom. The maximum absolute atomic E-state index is 13.1. The highest BCUT2D eigenvalue weighted by atomic mass is 19.3. The van der Waals surface area contributed by atoms with Gasteiger partial charge in [0.2, 0.25) is 0 Å². The predicted octanol–water partition coefficient (Wildman–Crippen LogP) is 3.98. The average molecular weight is 394 g/mol. The Labute approximate surface area is 159 Å². The summed E-state index contributed by atoms with van der Waals surface area (Å²) < 4.78 is 47.5. The number of methoxy groups -OCH3 is 1. The van der Waals surface area contributed by atoms with Crippen LogP contribution in [0.5, 0.6) is 11.5 Å². The van der Waals surface area contributed by atoms with Crippen molar-refractivity contribution in [2.75, 3.05) is 13.7 Å². The molecule has 0 saturated carbocycles. The van der Waals surface area contributed by atoms with Crippen LogP contribution < -0.4 is 9.47 Å². The second kappa shape index (κ2) is 9.62. The molecule has 0 bridgehead atoms. The van der Waals surface area contributed by atoms with E-state index < -0.39 is 23.0 Å². The molecule has 0 radical (unpaired) electrons. The molecule has 0 amide bonds. The van der Waals surface area contributed by atoms with Gasteiger partial charge in [0, 0.05) is 18.7 Å². The van der Waals surface area contributed by atoms with Gasteiger partial charge in [0.05, 0.1) is 24.6 Å². The molecule has 28 heavy (non-hydrogen) atoms. The molecule has 0 heterocycles. The van der Waals surface area contributed by atoms with Crippen molar-refractivity contribution in [1.82, 2.24) is 4.90 Å². The second-order valence-corrected chi connectivity index (χ2v) is 5.74. The van der Waals surface area contributed by atoms with Crippen LogP contribution in [0.25, 0.3) is 0 Å². The molecule has 0 unspecified atom stereocenters. The van der Waals surface area contributed by atoms with Gasteiger partial charge in [0.1, 0.15) is 5.82 Å². The Kier molecular flexibility index (Phi) is 7.23. The molecular formula is C19H17F3N2O4. The Bertz CT molecular complexity index is 867. The number of hydrogen-bond donors (Lipinski definition) is 0. The summed E-state index contributed by atoms with van der Waals surface area (Å²) in [4.78, 5) is 12.4.